The third-order valence-electron chi connectivity index (χ3n) is 3.85. The van der Waals surface area contributed by atoms with Gasteiger partial charge in [-0.2, -0.15) is 5.10 Å². The van der Waals surface area contributed by atoms with E-state index in [2.05, 4.69) is 27.6 Å². The van der Waals surface area contributed by atoms with Gasteiger partial charge in [-0.3, -0.25) is 9.67 Å². The van der Waals surface area contributed by atoms with Gasteiger partial charge in [-0.25, -0.2) is 0 Å². The van der Waals surface area contributed by atoms with Crippen molar-refractivity contribution in [3.05, 3.63) is 42.2 Å². The maximum Gasteiger partial charge on any atom is 0.195 e. The molecule has 0 saturated heterocycles. The maximum absolute atomic E-state index is 5.75. The first-order valence-corrected chi connectivity index (χ1v) is 9.46. The first-order chi connectivity index (χ1) is 13.2. The molecule has 0 atom stereocenters. The van der Waals surface area contributed by atoms with Crippen LogP contribution in [0.4, 0.5) is 5.69 Å². The number of anilines is 1. The van der Waals surface area contributed by atoms with Crippen LogP contribution in [0.15, 0.2) is 41.7 Å². The fourth-order valence-corrected chi connectivity index (χ4v) is 2.58. The lowest BCUT2D eigenvalue weighted by Gasteiger charge is -2.13. The maximum atomic E-state index is 5.75. The second-order valence-electron chi connectivity index (χ2n) is 6.23. The number of rotatable bonds is 11. The molecule has 0 amide bonds. The van der Waals surface area contributed by atoms with Crippen LogP contribution in [0.5, 0.6) is 5.75 Å². The zero-order valence-corrected chi connectivity index (χ0v) is 16.6. The number of hydrogen-bond acceptors (Lipinski definition) is 4. The van der Waals surface area contributed by atoms with Crippen LogP contribution in [-0.2, 0) is 18.2 Å². The summed E-state index contributed by atoms with van der Waals surface area (Å²) in [4.78, 5) is 4.66. The molecule has 0 bridgehead atoms. The van der Waals surface area contributed by atoms with Crippen LogP contribution in [-0.4, -0.2) is 49.2 Å². The molecule has 1 heterocycles. The Morgan fingerprint density at radius 3 is 2.89 bits per heavy atom. The van der Waals surface area contributed by atoms with Crippen molar-refractivity contribution in [3.8, 4) is 5.75 Å². The molecule has 2 rings (SSSR count). The van der Waals surface area contributed by atoms with Crippen molar-refractivity contribution < 1.29 is 9.47 Å². The minimum absolute atomic E-state index is 0.639. The molecule has 0 unspecified atom stereocenters. The minimum atomic E-state index is 0.639. The van der Waals surface area contributed by atoms with Crippen molar-refractivity contribution in [3.63, 3.8) is 0 Å². The summed E-state index contributed by atoms with van der Waals surface area (Å²) in [7, 11) is 3.63. The number of aryl methyl sites for hydroxylation is 2. The van der Waals surface area contributed by atoms with Gasteiger partial charge in [-0.15, -0.1) is 0 Å². The molecule has 2 N–H and O–H groups in total. The molecule has 7 nitrogen and oxygen atoms in total. The molecule has 7 heteroatoms. The molecule has 0 saturated carbocycles. The SMILES string of the molecule is CCNC(=NCCCc1cnn(C)c1)Nc1cccc(OCCCOC)c1. The van der Waals surface area contributed by atoms with E-state index in [4.69, 9.17) is 9.47 Å². The minimum Gasteiger partial charge on any atom is -0.493 e. The van der Waals surface area contributed by atoms with Crippen molar-refractivity contribution >= 4 is 11.6 Å². The van der Waals surface area contributed by atoms with Gasteiger partial charge in [0.15, 0.2) is 5.96 Å². The van der Waals surface area contributed by atoms with Gasteiger partial charge >= 0.3 is 0 Å². The highest BCUT2D eigenvalue weighted by Gasteiger charge is 2.02. The van der Waals surface area contributed by atoms with Crippen molar-refractivity contribution in [1.29, 1.82) is 0 Å². The highest BCUT2D eigenvalue weighted by Crippen LogP contribution is 2.17. The lowest BCUT2D eigenvalue weighted by molar-refractivity contribution is 0.172. The monoisotopic (exact) mass is 373 g/mol. The Bertz CT molecular complexity index is 699. The van der Waals surface area contributed by atoms with E-state index < -0.39 is 0 Å². The predicted molar refractivity (Wildman–Crippen MR) is 110 cm³/mol. The smallest absolute Gasteiger partial charge is 0.195 e. The zero-order valence-electron chi connectivity index (χ0n) is 16.6. The van der Waals surface area contributed by atoms with Gasteiger partial charge in [-0.1, -0.05) is 6.07 Å². The number of nitrogens with zero attached hydrogens (tertiary/aromatic N) is 3. The number of guanidine groups is 1. The van der Waals surface area contributed by atoms with Gasteiger partial charge in [0.25, 0.3) is 0 Å². The van der Waals surface area contributed by atoms with Gasteiger partial charge in [0.2, 0.25) is 0 Å². The normalized spacial score (nSPS) is 11.4. The molecule has 148 valence electrons. The number of methoxy groups -OCH3 is 1. The molecule has 0 aliphatic heterocycles. The van der Waals surface area contributed by atoms with E-state index in [9.17, 15) is 0 Å². The van der Waals surface area contributed by atoms with E-state index >= 15 is 0 Å². The molecule has 0 aliphatic rings. The summed E-state index contributed by atoms with van der Waals surface area (Å²) in [5, 5.41) is 10.8. The van der Waals surface area contributed by atoms with Gasteiger partial charge in [0, 0.05) is 58.2 Å². The summed E-state index contributed by atoms with van der Waals surface area (Å²) in [6.45, 7) is 4.95. The number of aromatic nitrogens is 2. The van der Waals surface area contributed by atoms with Crippen LogP contribution in [0.3, 0.4) is 0 Å². The quantitative estimate of drug-likeness (QED) is 0.360. The summed E-state index contributed by atoms with van der Waals surface area (Å²) >= 11 is 0. The van der Waals surface area contributed by atoms with Crippen LogP contribution in [0.2, 0.25) is 0 Å². The number of aliphatic imine (C=N–C) groups is 1. The Morgan fingerprint density at radius 1 is 1.26 bits per heavy atom. The highest BCUT2D eigenvalue weighted by atomic mass is 16.5. The molecule has 0 radical (unpaired) electrons. The van der Waals surface area contributed by atoms with Gasteiger partial charge in [-0.05, 0) is 37.5 Å². The topological polar surface area (TPSA) is 72.7 Å². The fraction of sp³-hybridized carbons (Fsp3) is 0.500. The Labute approximate surface area is 161 Å². The lowest BCUT2D eigenvalue weighted by Crippen LogP contribution is -2.30. The molecule has 0 aliphatic carbocycles. The van der Waals surface area contributed by atoms with E-state index in [-0.39, 0.29) is 0 Å². The molecule has 0 spiro atoms. The standard InChI is InChI=1S/C20H31N5O2/c1-4-21-20(22-11-6-8-17-15-23-25(2)16-17)24-18-9-5-10-19(14-18)27-13-7-12-26-3/h5,9-10,14-16H,4,6-8,11-13H2,1-3H3,(H2,21,22,24). The molecule has 1 aromatic heterocycles. The van der Waals surface area contributed by atoms with Crippen LogP contribution >= 0.6 is 0 Å². The van der Waals surface area contributed by atoms with E-state index in [0.29, 0.717) is 13.2 Å². The van der Waals surface area contributed by atoms with Crippen molar-refractivity contribution in [2.75, 3.05) is 38.7 Å². The van der Waals surface area contributed by atoms with E-state index in [1.54, 1.807) is 7.11 Å². The summed E-state index contributed by atoms with van der Waals surface area (Å²) < 4.78 is 12.6. The van der Waals surface area contributed by atoms with Crippen molar-refractivity contribution in [1.82, 2.24) is 15.1 Å². The highest BCUT2D eigenvalue weighted by molar-refractivity contribution is 5.93. The molecule has 27 heavy (non-hydrogen) atoms. The number of benzene rings is 1. The van der Waals surface area contributed by atoms with Crippen molar-refractivity contribution in [2.45, 2.75) is 26.2 Å². The number of nitrogens with one attached hydrogen (secondary N) is 2. The summed E-state index contributed by atoms with van der Waals surface area (Å²) in [5.41, 5.74) is 2.19. The second kappa shape index (κ2) is 12.0. The predicted octanol–water partition coefficient (Wildman–Crippen LogP) is 2.85. The van der Waals surface area contributed by atoms with Crippen LogP contribution in [0.25, 0.3) is 0 Å². The number of hydrogen-bond donors (Lipinski definition) is 2. The molecule has 2 aromatic rings. The van der Waals surface area contributed by atoms with E-state index in [1.807, 2.05) is 48.4 Å². The summed E-state index contributed by atoms with van der Waals surface area (Å²) in [5.74, 6) is 1.61. The lowest BCUT2D eigenvalue weighted by atomic mass is 10.2. The Balaban J connectivity index is 1.84. The molecule has 1 aromatic carbocycles. The third kappa shape index (κ3) is 8.13. The molecular formula is C20H31N5O2. The molecular weight excluding hydrogens is 342 g/mol. The largest absolute Gasteiger partial charge is 0.493 e. The molecule has 0 fully saturated rings. The number of ether oxygens (including phenoxy) is 2. The van der Waals surface area contributed by atoms with E-state index in [0.717, 1.165) is 49.7 Å². The fourth-order valence-electron chi connectivity index (χ4n) is 2.58. The summed E-state index contributed by atoms with van der Waals surface area (Å²) in [6.07, 6.45) is 6.78. The first-order valence-electron chi connectivity index (χ1n) is 9.46. The van der Waals surface area contributed by atoms with Gasteiger partial charge in [0.1, 0.15) is 5.75 Å². The Morgan fingerprint density at radius 2 is 2.15 bits per heavy atom. The van der Waals surface area contributed by atoms with Gasteiger partial charge in [0.05, 0.1) is 12.8 Å². The van der Waals surface area contributed by atoms with Crippen molar-refractivity contribution in [2.24, 2.45) is 12.0 Å². The van der Waals surface area contributed by atoms with Gasteiger partial charge < -0.3 is 20.1 Å². The van der Waals surface area contributed by atoms with Crippen LogP contribution in [0, 0.1) is 0 Å². The Hall–Kier alpha value is -2.54. The Kier molecular flexibility index (Phi) is 9.20. The van der Waals surface area contributed by atoms with Crippen LogP contribution in [0.1, 0.15) is 25.3 Å². The average Bonchev–Trinajstić information content (AvgIpc) is 3.08. The second-order valence-corrected chi connectivity index (χ2v) is 6.23. The summed E-state index contributed by atoms with van der Waals surface area (Å²) in [6, 6.07) is 7.91. The zero-order chi connectivity index (χ0) is 19.3. The first kappa shape index (κ1) is 20.8. The third-order valence-corrected chi connectivity index (χ3v) is 3.85. The van der Waals surface area contributed by atoms with Crippen LogP contribution < -0.4 is 15.4 Å². The average molecular weight is 374 g/mol. The van der Waals surface area contributed by atoms with E-state index in [1.165, 1.54) is 5.56 Å².